The van der Waals surface area contributed by atoms with Crippen LogP contribution in [0.2, 0.25) is 0 Å². The zero-order chi connectivity index (χ0) is 19.5. The van der Waals surface area contributed by atoms with Crippen molar-refractivity contribution in [2.45, 2.75) is 39.5 Å². The molecular formula is C19H24N2O4S. The number of rotatable bonds is 5. The molecule has 0 fully saturated rings. The minimum absolute atomic E-state index is 0.276. The van der Waals surface area contributed by atoms with Gasteiger partial charge >= 0.3 is 6.09 Å². The van der Waals surface area contributed by atoms with Crippen LogP contribution in [0, 0.1) is 27.7 Å². The van der Waals surface area contributed by atoms with Crippen molar-refractivity contribution >= 4 is 27.5 Å². The summed E-state index contributed by atoms with van der Waals surface area (Å²) in [4.78, 5) is 11.7. The maximum Gasteiger partial charge on any atom is 0.411 e. The van der Waals surface area contributed by atoms with Crippen LogP contribution < -0.4 is 10.0 Å². The zero-order valence-corrected chi connectivity index (χ0v) is 16.5. The minimum Gasteiger partial charge on any atom is -0.450 e. The van der Waals surface area contributed by atoms with Crippen molar-refractivity contribution in [1.29, 1.82) is 0 Å². The predicted octanol–water partition coefficient (Wildman–Crippen LogP) is 4.29. The third-order valence-corrected chi connectivity index (χ3v) is 5.88. The summed E-state index contributed by atoms with van der Waals surface area (Å²) in [5.74, 6) is 0. The van der Waals surface area contributed by atoms with Crippen molar-refractivity contribution in [3.8, 4) is 0 Å². The molecule has 6 nitrogen and oxygen atoms in total. The number of carbonyl (C=O) groups excluding carboxylic acids is 1. The molecule has 0 aliphatic rings. The molecule has 7 heteroatoms. The Morgan fingerprint density at radius 2 is 1.46 bits per heavy atom. The number of anilines is 2. The molecule has 0 aliphatic heterocycles. The van der Waals surface area contributed by atoms with Gasteiger partial charge in [-0.05, 0) is 81.1 Å². The molecule has 0 saturated carbocycles. The number of ether oxygens (including phenoxy) is 1. The molecule has 0 radical (unpaired) electrons. The average molecular weight is 376 g/mol. The van der Waals surface area contributed by atoms with Crippen LogP contribution in [0.25, 0.3) is 0 Å². The first-order valence-corrected chi connectivity index (χ1v) is 9.78. The van der Waals surface area contributed by atoms with Crippen molar-refractivity contribution in [3.05, 3.63) is 52.6 Å². The molecule has 2 aromatic carbocycles. The number of carbonyl (C=O) groups is 1. The third-order valence-electron chi connectivity index (χ3n) is 4.22. The number of benzene rings is 2. The zero-order valence-electron chi connectivity index (χ0n) is 15.6. The van der Waals surface area contributed by atoms with E-state index in [1.54, 1.807) is 31.2 Å². The number of nitrogens with one attached hydrogen (secondary N) is 2. The van der Waals surface area contributed by atoms with Gasteiger partial charge in [0.1, 0.15) is 0 Å². The number of sulfonamides is 1. The molecule has 0 bridgehead atoms. The summed E-state index contributed by atoms with van der Waals surface area (Å²) in [6, 6.07) is 8.38. The van der Waals surface area contributed by atoms with Crippen LogP contribution in [0.15, 0.2) is 35.2 Å². The van der Waals surface area contributed by atoms with E-state index in [-0.39, 0.29) is 6.61 Å². The summed E-state index contributed by atoms with van der Waals surface area (Å²) in [6.45, 7) is 9.41. The van der Waals surface area contributed by atoms with E-state index in [2.05, 4.69) is 10.0 Å². The first-order chi connectivity index (χ1) is 12.2. The van der Waals surface area contributed by atoms with Crippen molar-refractivity contribution in [1.82, 2.24) is 0 Å². The standard InChI is InChI=1S/C19H24N2O4S/c1-6-25-19(22)20-16-7-9-17(10-8-16)21-26(23,24)18-14(4)12(2)11-13(3)15(18)5/h7-11,21H,6H2,1-5H3,(H,20,22). The summed E-state index contributed by atoms with van der Waals surface area (Å²) in [7, 11) is -3.73. The molecule has 0 heterocycles. The van der Waals surface area contributed by atoms with E-state index in [1.165, 1.54) is 0 Å². The van der Waals surface area contributed by atoms with Gasteiger partial charge in [-0.3, -0.25) is 10.0 Å². The lowest BCUT2D eigenvalue weighted by atomic mass is 10.0. The van der Waals surface area contributed by atoms with Crippen molar-refractivity contribution in [2.75, 3.05) is 16.6 Å². The molecule has 1 amide bonds. The van der Waals surface area contributed by atoms with Crippen LogP contribution in [0.5, 0.6) is 0 Å². The van der Waals surface area contributed by atoms with Gasteiger partial charge in [0, 0.05) is 11.4 Å². The lowest BCUT2D eigenvalue weighted by Gasteiger charge is -2.17. The number of hydrogen-bond acceptors (Lipinski definition) is 4. The third kappa shape index (κ3) is 4.35. The number of aryl methyl sites for hydroxylation is 2. The first kappa shape index (κ1) is 19.8. The van der Waals surface area contributed by atoms with Crippen molar-refractivity contribution < 1.29 is 17.9 Å². The lowest BCUT2D eigenvalue weighted by molar-refractivity contribution is 0.168. The van der Waals surface area contributed by atoms with Crippen LogP contribution in [0.3, 0.4) is 0 Å². The van der Waals surface area contributed by atoms with Gasteiger partial charge < -0.3 is 4.74 Å². The summed E-state index contributed by atoms with van der Waals surface area (Å²) in [5, 5.41) is 2.56. The van der Waals surface area contributed by atoms with Gasteiger partial charge in [0.2, 0.25) is 0 Å². The molecule has 0 aliphatic carbocycles. The van der Waals surface area contributed by atoms with E-state index in [1.807, 2.05) is 33.8 Å². The van der Waals surface area contributed by atoms with Gasteiger partial charge in [0.05, 0.1) is 11.5 Å². The highest BCUT2D eigenvalue weighted by Gasteiger charge is 2.22. The first-order valence-electron chi connectivity index (χ1n) is 8.29. The quantitative estimate of drug-likeness (QED) is 0.815. The fourth-order valence-electron chi connectivity index (χ4n) is 2.70. The van der Waals surface area contributed by atoms with Crippen LogP contribution in [-0.2, 0) is 14.8 Å². The van der Waals surface area contributed by atoms with Gasteiger partial charge in [-0.2, -0.15) is 0 Å². The molecule has 0 spiro atoms. The predicted molar refractivity (Wildman–Crippen MR) is 103 cm³/mol. The average Bonchev–Trinajstić information content (AvgIpc) is 2.55. The Labute approximate surface area is 154 Å². The number of amides is 1. The highest BCUT2D eigenvalue weighted by molar-refractivity contribution is 7.92. The van der Waals surface area contributed by atoms with Crippen LogP contribution in [0.4, 0.5) is 16.2 Å². The van der Waals surface area contributed by atoms with E-state index < -0.39 is 16.1 Å². The van der Waals surface area contributed by atoms with Gasteiger partial charge in [-0.25, -0.2) is 13.2 Å². The Morgan fingerprint density at radius 3 is 1.96 bits per heavy atom. The lowest BCUT2D eigenvalue weighted by Crippen LogP contribution is -2.17. The summed E-state index contributed by atoms with van der Waals surface area (Å²) in [5.41, 5.74) is 4.27. The molecule has 26 heavy (non-hydrogen) atoms. The minimum atomic E-state index is -3.73. The Hall–Kier alpha value is -2.54. The molecule has 2 rings (SSSR count). The summed E-state index contributed by atoms with van der Waals surface area (Å²) < 4.78 is 33.2. The second kappa shape index (κ2) is 7.78. The Bertz CT molecular complexity index is 893. The molecule has 0 unspecified atom stereocenters. The van der Waals surface area contributed by atoms with Gasteiger partial charge in [-0.1, -0.05) is 6.07 Å². The Morgan fingerprint density at radius 1 is 0.962 bits per heavy atom. The molecule has 2 aromatic rings. The SMILES string of the molecule is CCOC(=O)Nc1ccc(NS(=O)(=O)c2c(C)c(C)cc(C)c2C)cc1. The van der Waals surface area contributed by atoms with Gasteiger partial charge in [0.15, 0.2) is 0 Å². The highest BCUT2D eigenvalue weighted by atomic mass is 32.2. The van der Waals surface area contributed by atoms with Crippen LogP contribution >= 0.6 is 0 Å². The molecular weight excluding hydrogens is 352 g/mol. The number of hydrogen-bond donors (Lipinski definition) is 2. The monoisotopic (exact) mass is 376 g/mol. The smallest absolute Gasteiger partial charge is 0.411 e. The van der Waals surface area contributed by atoms with E-state index in [0.29, 0.717) is 16.3 Å². The second-order valence-electron chi connectivity index (χ2n) is 6.12. The normalized spacial score (nSPS) is 11.1. The Balaban J connectivity index is 2.27. The van der Waals surface area contributed by atoms with Crippen LogP contribution in [0.1, 0.15) is 29.2 Å². The molecule has 0 saturated heterocycles. The molecule has 140 valence electrons. The summed E-state index contributed by atoms with van der Waals surface area (Å²) >= 11 is 0. The second-order valence-corrected chi connectivity index (χ2v) is 7.74. The fourth-order valence-corrected chi connectivity index (χ4v) is 4.37. The van der Waals surface area contributed by atoms with Gasteiger partial charge in [-0.15, -0.1) is 0 Å². The Kier molecular flexibility index (Phi) is 5.92. The molecule has 2 N–H and O–H groups in total. The van der Waals surface area contributed by atoms with Gasteiger partial charge in [0.25, 0.3) is 10.0 Å². The van der Waals surface area contributed by atoms with Crippen molar-refractivity contribution in [2.24, 2.45) is 0 Å². The van der Waals surface area contributed by atoms with E-state index in [0.717, 1.165) is 22.3 Å². The van der Waals surface area contributed by atoms with E-state index in [4.69, 9.17) is 4.74 Å². The topological polar surface area (TPSA) is 84.5 Å². The summed E-state index contributed by atoms with van der Waals surface area (Å²) in [6.07, 6.45) is -0.553. The molecule has 0 atom stereocenters. The largest absolute Gasteiger partial charge is 0.450 e. The van der Waals surface area contributed by atoms with Crippen molar-refractivity contribution in [3.63, 3.8) is 0 Å². The fraction of sp³-hybridized carbons (Fsp3) is 0.316. The van der Waals surface area contributed by atoms with E-state index >= 15 is 0 Å². The highest BCUT2D eigenvalue weighted by Crippen LogP contribution is 2.28. The van der Waals surface area contributed by atoms with Crippen LogP contribution in [-0.4, -0.2) is 21.1 Å². The maximum atomic E-state index is 12.9. The van der Waals surface area contributed by atoms with E-state index in [9.17, 15) is 13.2 Å². The maximum absolute atomic E-state index is 12.9. The molecule has 0 aromatic heterocycles.